The zero-order valence-corrected chi connectivity index (χ0v) is 11.4. The molecule has 0 aromatic heterocycles. The smallest absolute Gasteiger partial charge is 0.237 e. The third kappa shape index (κ3) is 3.57. The Labute approximate surface area is 109 Å². The molecule has 1 aromatic carbocycles. The number of hydrogen-bond acceptors (Lipinski definition) is 2. The van der Waals surface area contributed by atoms with E-state index in [0.29, 0.717) is 6.04 Å². The number of rotatable bonds is 5. The molecule has 0 spiro atoms. The van der Waals surface area contributed by atoms with E-state index in [2.05, 4.69) is 48.7 Å². The predicted octanol–water partition coefficient (Wildman–Crippen LogP) is 2.31. The van der Waals surface area contributed by atoms with Crippen molar-refractivity contribution in [3.63, 3.8) is 0 Å². The number of benzene rings is 1. The van der Waals surface area contributed by atoms with Gasteiger partial charge in [0, 0.05) is 12.1 Å². The Morgan fingerprint density at radius 3 is 2.39 bits per heavy atom. The van der Waals surface area contributed by atoms with Crippen LogP contribution in [0.1, 0.15) is 43.9 Å². The molecule has 1 aliphatic carbocycles. The molecule has 0 aliphatic heterocycles. The molecule has 18 heavy (non-hydrogen) atoms. The van der Waals surface area contributed by atoms with Crippen LogP contribution in [0.15, 0.2) is 24.3 Å². The molecule has 1 amide bonds. The highest BCUT2D eigenvalue weighted by molar-refractivity contribution is 5.81. The highest BCUT2D eigenvalue weighted by Crippen LogP contribution is 2.19. The van der Waals surface area contributed by atoms with Crippen molar-refractivity contribution in [3.8, 4) is 0 Å². The maximum atomic E-state index is 11.8. The van der Waals surface area contributed by atoms with Gasteiger partial charge in [0.25, 0.3) is 0 Å². The van der Waals surface area contributed by atoms with Gasteiger partial charge in [0.05, 0.1) is 6.04 Å². The largest absolute Gasteiger partial charge is 0.352 e. The van der Waals surface area contributed by atoms with Crippen LogP contribution < -0.4 is 10.6 Å². The summed E-state index contributed by atoms with van der Waals surface area (Å²) in [6, 6.07) is 8.88. The number of amides is 1. The van der Waals surface area contributed by atoms with E-state index in [1.807, 2.05) is 6.92 Å². The molecule has 2 unspecified atom stereocenters. The summed E-state index contributed by atoms with van der Waals surface area (Å²) >= 11 is 0. The molecule has 3 heteroatoms. The lowest BCUT2D eigenvalue weighted by Gasteiger charge is -2.20. The second-order valence-corrected chi connectivity index (χ2v) is 5.30. The Morgan fingerprint density at radius 1 is 1.22 bits per heavy atom. The maximum Gasteiger partial charge on any atom is 0.237 e. The SMILES string of the molecule is Cc1ccc(C(C)NC(C)C(=O)NC2CC2)cc1. The lowest BCUT2D eigenvalue weighted by atomic mass is 10.1. The van der Waals surface area contributed by atoms with E-state index in [1.165, 1.54) is 11.1 Å². The molecule has 1 aliphatic rings. The van der Waals surface area contributed by atoms with Crippen LogP contribution >= 0.6 is 0 Å². The Kier molecular flexibility index (Phi) is 4.02. The lowest BCUT2D eigenvalue weighted by Crippen LogP contribution is -2.43. The maximum absolute atomic E-state index is 11.8. The zero-order valence-electron chi connectivity index (χ0n) is 11.4. The van der Waals surface area contributed by atoms with E-state index >= 15 is 0 Å². The summed E-state index contributed by atoms with van der Waals surface area (Å²) < 4.78 is 0. The fraction of sp³-hybridized carbons (Fsp3) is 0.533. The van der Waals surface area contributed by atoms with E-state index in [-0.39, 0.29) is 18.0 Å². The third-order valence-corrected chi connectivity index (χ3v) is 3.39. The molecule has 0 radical (unpaired) electrons. The van der Waals surface area contributed by atoms with Crippen molar-refractivity contribution in [2.24, 2.45) is 0 Å². The lowest BCUT2D eigenvalue weighted by molar-refractivity contribution is -0.123. The average Bonchev–Trinajstić information content (AvgIpc) is 3.13. The van der Waals surface area contributed by atoms with Crippen molar-refractivity contribution in [2.45, 2.75) is 51.7 Å². The first kappa shape index (κ1) is 13.1. The van der Waals surface area contributed by atoms with Crippen molar-refractivity contribution >= 4 is 5.91 Å². The van der Waals surface area contributed by atoms with Crippen molar-refractivity contribution in [3.05, 3.63) is 35.4 Å². The summed E-state index contributed by atoms with van der Waals surface area (Å²) in [4.78, 5) is 11.8. The van der Waals surface area contributed by atoms with Gasteiger partial charge in [-0.05, 0) is 39.2 Å². The minimum absolute atomic E-state index is 0.108. The molecular formula is C15H22N2O. The van der Waals surface area contributed by atoms with Crippen molar-refractivity contribution < 1.29 is 4.79 Å². The van der Waals surface area contributed by atoms with Gasteiger partial charge < -0.3 is 5.32 Å². The van der Waals surface area contributed by atoms with Crippen molar-refractivity contribution in [2.75, 3.05) is 0 Å². The molecule has 2 atom stereocenters. The molecule has 98 valence electrons. The fourth-order valence-electron chi connectivity index (χ4n) is 1.96. The van der Waals surface area contributed by atoms with Crippen LogP contribution in [0, 0.1) is 6.92 Å². The molecule has 0 saturated heterocycles. The van der Waals surface area contributed by atoms with Crippen LogP contribution in [0.2, 0.25) is 0 Å². The Balaban J connectivity index is 1.87. The minimum Gasteiger partial charge on any atom is -0.352 e. The summed E-state index contributed by atoms with van der Waals surface area (Å²) in [6.45, 7) is 6.08. The normalized spacial score (nSPS) is 18.2. The van der Waals surface area contributed by atoms with Gasteiger partial charge in [0.2, 0.25) is 5.91 Å². The minimum atomic E-state index is -0.151. The third-order valence-electron chi connectivity index (χ3n) is 3.39. The predicted molar refractivity (Wildman–Crippen MR) is 73.4 cm³/mol. The van der Waals surface area contributed by atoms with Crippen LogP contribution in [0.4, 0.5) is 0 Å². The molecule has 2 N–H and O–H groups in total. The topological polar surface area (TPSA) is 41.1 Å². The van der Waals surface area contributed by atoms with Crippen LogP contribution in [0.25, 0.3) is 0 Å². The second kappa shape index (κ2) is 5.53. The van der Waals surface area contributed by atoms with Gasteiger partial charge in [0.15, 0.2) is 0 Å². The number of carbonyl (C=O) groups excluding carboxylic acids is 1. The van der Waals surface area contributed by atoms with Crippen LogP contribution in [-0.4, -0.2) is 18.0 Å². The Bertz CT molecular complexity index is 409. The summed E-state index contributed by atoms with van der Waals surface area (Å²) in [5.41, 5.74) is 2.47. The van der Waals surface area contributed by atoms with Gasteiger partial charge in [-0.15, -0.1) is 0 Å². The van der Waals surface area contributed by atoms with Crippen LogP contribution in [-0.2, 0) is 4.79 Å². The highest BCUT2D eigenvalue weighted by atomic mass is 16.2. The molecule has 0 heterocycles. The first-order valence-corrected chi connectivity index (χ1v) is 6.69. The molecule has 1 saturated carbocycles. The van der Waals surface area contributed by atoms with Gasteiger partial charge >= 0.3 is 0 Å². The van der Waals surface area contributed by atoms with Gasteiger partial charge in [0.1, 0.15) is 0 Å². The Morgan fingerprint density at radius 2 is 1.83 bits per heavy atom. The summed E-state index contributed by atoms with van der Waals surface area (Å²) in [6.07, 6.45) is 2.26. The first-order valence-electron chi connectivity index (χ1n) is 6.69. The molecule has 0 bridgehead atoms. The van der Waals surface area contributed by atoms with Crippen molar-refractivity contribution in [1.29, 1.82) is 0 Å². The number of nitrogens with one attached hydrogen (secondary N) is 2. The standard InChI is InChI=1S/C15H22N2O/c1-10-4-6-13(7-5-10)11(2)16-12(3)15(18)17-14-8-9-14/h4-7,11-12,14,16H,8-9H2,1-3H3,(H,17,18). The zero-order chi connectivity index (χ0) is 13.1. The van der Waals surface area contributed by atoms with E-state index < -0.39 is 0 Å². The Hall–Kier alpha value is -1.35. The summed E-state index contributed by atoms with van der Waals surface area (Å²) in [7, 11) is 0. The monoisotopic (exact) mass is 246 g/mol. The van der Waals surface area contributed by atoms with E-state index in [9.17, 15) is 4.79 Å². The summed E-state index contributed by atoms with van der Waals surface area (Å²) in [5.74, 6) is 0.108. The van der Waals surface area contributed by atoms with Gasteiger partial charge in [-0.2, -0.15) is 0 Å². The number of hydrogen-bond donors (Lipinski definition) is 2. The van der Waals surface area contributed by atoms with Gasteiger partial charge in [-0.1, -0.05) is 29.8 Å². The van der Waals surface area contributed by atoms with Gasteiger partial charge in [-0.25, -0.2) is 0 Å². The highest BCUT2D eigenvalue weighted by Gasteiger charge is 2.26. The number of carbonyl (C=O) groups is 1. The van der Waals surface area contributed by atoms with E-state index in [4.69, 9.17) is 0 Å². The first-order chi connectivity index (χ1) is 8.56. The summed E-state index contributed by atoms with van der Waals surface area (Å²) in [5, 5.41) is 6.35. The molecule has 3 nitrogen and oxygen atoms in total. The molecule has 1 aromatic rings. The van der Waals surface area contributed by atoms with E-state index in [0.717, 1.165) is 12.8 Å². The second-order valence-electron chi connectivity index (χ2n) is 5.30. The number of aryl methyl sites for hydroxylation is 1. The fourth-order valence-corrected chi connectivity index (χ4v) is 1.96. The molecule has 1 fully saturated rings. The quantitative estimate of drug-likeness (QED) is 0.837. The molecule has 2 rings (SSSR count). The van der Waals surface area contributed by atoms with Crippen LogP contribution in [0.5, 0.6) is 0 Å². The average molecular weight is 246 g/mol. The van der Waals surface area contributed by atoms with Gasteiger partial charge in [-0.3, -0.25) is 10.1 Å². The van der Waals surface area contributed by atoms with Crippen molar-refractivity contribution in [1.82, 2.24) is 10.6 Å². The van der Waals surface area contributed by atoms with E-state index in [1.54, 1.807) is 0 Å². The molecular weight excluding hydrogens is 224 g/mol. The van der Waals surface area contributed by atoms with Crippen LogP contribution in [0.3, 0.4) is 0 Å².